The van der Waals surface area contributed by atoms with Gasteiger partial charge in [-0.2, -0.15) is 11.1 Å². The maximum atomic E-state index is 6.58. The monoisotopic (exact) mass is 252 g/mol. The fourth-order valence-corrected chi connectivity index (χ4v) is 5.00. The van der Waals surface area contributed by atoms with E-state index in [0.717, 1.165) is 12.8 Å². The molecule has 2 heteroatoms. The molecular weight excluding hydrogens is 232 g/mol. The summed E-state index contributed by atoms with van der Waals surface area (Å²) in [4.78, 5) is 0. The normalized spacial score (nSPS) is 13.5. The van der Waals surface area contributed by atoms with Crippen molar-refractivity contribution in [3.05, 3.63) is 48.0 Å². The summed E-state index contributed by atoms with van der Waals surface area (Å²) in [6.45, 7) is 10.5. The zero-order valence-corrected chi connectivity index (χ0v) is 12.2. The minimum Gasteiger partial charge on any atom is -0.167 e. The van der Waals surface area contributed by atoms with Crippen molar-refractivity contribution in [2.24, 2.45) is 0 Å². The number of hydrogen-bond donors (Lipinski definition) is 0. The smallest absolute Gasteiger partial charge is 0.157 e. The van der Waals surface area contributed by atoms with Crippen LogP contribution < -0.4 is 0 Å². The van der Waals surface area contributed by atoms with Crippen molar-refractivity contribution in [2.45, 2.75) is 38.4 Å². The van der Waals surface area contributed by atoms with Crippen LogP contribution in [0.1, 0.15) is 30.0 Å². The van der Waals surface area contributed by atoms with Crippen LogP contribution in [0.5, 0.6) is 0 Å². The summed E-state index contributed by atoms with van der Waals surface area (Å²) < 4.78 is 0. The second kappa shape index (κ2) is 5.69. The van der Waals surface area contributed by atoms with E-state index in [1.54, 1.807) is 0 Å². The van der Waals surface area contributed by atoms with E-state index in [9.17, 15) is 0 Å². The maximum Gasteiger partial charge on any atom is 0.157 e. The summed E-state index contributed by atoms with van der Waals surface area (Å²) in [5.41, 5.74) is 3.27. The van der Waals surface area contributed by atoms with Crippen molar-refractivity contribution in [3.8, 4) is 0 Å². The predicted octanol–water partition coefficient (Wildman–Crippen LogP) is 4.89. The van der Waals surface area contributed by atoms with Crippen LogP contribution in [-0.2, 0) is 6.42 Å². The first-order valence-corrected chi connectivity index (χ1v) is 9.96. The van der Waals surface area contributed by atoms with E-state index in [1.807, 2.05) is 6.08 Å². The minimum absolute atomic E-state index is 0.541. The molecule has 0 aromatic heterocycles. The molecule has 0 aliphatic carbocycles. The van der Waals surface area contributed by atoms with Gasteiger partial charge < -0.3 is 0 Å². The quantitative estimate of drug-likeness (QED) is 0.398. The first-order chi connectivity index (χ1) is 7.49. The lowest BCUT2D eigenvalue weighted by molar-refractivity contribution is 0.853. The lowest BCUT2D eigenvalue weighted by Crippen LogP contribution is -2.27. The van der Waals surface area contributed by atoms with Crippen LogP contribution in [0.2, 0.25) is 13.1 Å². The van der Waals surface area contributed by atoms with E-state index in [0.29, 0.717) is 5.54 Å². The van der Waals surface area contributed by atoms with Gasteiger partial charge >= 0.3 is 0 Å². The Bertz CT molecular complexity index is 352. The average molecular weight is 253 g/mol. The lowest BCUT2D eigenvalue weighted by atomic mass is 10.0. The van der Waals surface area contributed by atoms with Crippen molar-refractivity contribution < 1.29 is 0 Å². The first kappa shape index (κ1) is 13.5. The van der Waals surface area contributed by atoms with Gasteiger partial charge in [0, 0.05) is 0 Å². The molecule has 0 heterocycles. The average Bonchev–Trinajstić information content (AvgIpc) is 2.17. The second-order valence-electron chi connectivity index (χ2n) is 4.76. The molecule has 1 atom stereocenters. The molecule has 0 amide bonds. The van der Waals surface area contributed by atoms with Gasteiger partial charge in [-0.05, 0) is 23.1 Å². The number of halogens is 1. The first-order valence-electron chi connectivity index (χ1n) is 5.87. The molecule has 1 aromatic rings. The lowest BCUT2D eigenvalue weighted by Gasteiger charge is -2.26. The molecule has 0 radical (unpaired) electrons. The van der Waals surface area contributed by atoms with Crippen molar-refractivity contribution >= 4 is 18.5 Å². The van der Waals surface area contributed by atoms with E-state index in [1.165, 1.54) is 11.1 Å². The summed E-state index contributed by atoms with van der Waals surface area (Å²) in [6, 6.07) is 8.78. The van der Waals surface area contributed by atoms with E-state index < -0.39 is 7.38 Å². The van der Waals surface area contributed by atoms with Crippen LogP contribution >= 0.6 is 11.1 Å². The van der Waals surface area contributed by atoms with Gasteiger partial charge in [0.25, 0.3) is 0 Å². The Labute approximate surface area is 105 Å². The van der Waals surface area contributed by atoms with Crippen LogP contribution in [0.25, 0.3) is 0 Å². The standard InChI is InChI=1S/C14H21ClSi/c1-5-8-12-9-7-10-13(11-12)14(6-2)16(3,4)15/h5,7,9-11,14H,1,6,8H2,2-4H3. The molecule has 88 valence electrons. The van der Waals surface area contributed by atoms with Crippen molar-refractivity contribution in [1.29, 1.82) is 0 Å². The predicted molar refractivity (Wildman–Crippen MR) is 76.7 cm³/mol. The van der Waals surface area contributed by atoms with Gasteiger partial charge in [0.1, 0.15) is 0 Å². The van der Waals surface area contributed by atoms with Crippen LogP contribution in [0.4, 0.5) is 0 Å². The Morgan fingerprint density at radius 3 is 2.62 bits per heavy atom. The third-order valence-corrected chi connectivity index (χ3v) is 6.16. The summed E-state index contributed by atoms with van der Waals surface area (Å²) in [6.07, 6.45) is 4.01. The van der Waals surface area contributed by atoms with Gasteiger partial charge in [-0.3, -0.25) is 0 Å². The molecule has 0 saturated carbocycles. The van der Waals surface area contributed by atoms with Crippen molar-refractivity contribution in [3.63, 3.8) is 0 Å². The number of benzene rings is 1. The Kier molecular flexibility index (Phi) is 4.82. The molecule has 0 aliphatic heterocycles. The summed E-state index contributed by atoms with van der Waals surface area (Å²) in [7, 11) is -1.63. The fourth-order valence-electron chi connectivity index (χ4n) is 2.22. The Morgan fingerprint density at radius 2 is 2.12 bits per heavy atom. The molecule has 0 aliphatic rings. The molecular formula is C14H21ClSi. The molecule has 16 heavy (non-hydrogen) atoms. The Balaban J connectivity index is 3.01. The summed E-state index contributed by atoms with van der Waals surface area (Å²) >= 11 is 6.58. The zero-order chi connectivity index (χ0) is 12.2. The highest BCUT2D eigenvalue weighted by Crippen LogP contribution is 2.33. The Hall–Kier alpha value is -0.533. The van der Waals surface area contributed by atoms with Crippen molar-refractivity contribution in [1.82, 2.24) is 0 Å². The van der Waals surface area contributed by atoms with Gasteiger partial charge in [-0.25, -0.2) is 0 Å². The maximum absolute atomic E-state index is 6.58. The molecule has 0 bridgehead atoms. The van der Waals surface area contributed by atoms with Gasteiger partial charge in [-0.1, -0.05) is 56.8 Å². The molecule has 1 unspecified atom stereocenters. The molecule has 0 nitrogen and oxygen atoms in total. The van der Waals surface area contributed by atoms with E-state index in [4.69, 9.17) is 11.1 Å². The van der Waals surface area contributed by atoms with Crippen LogP contribution in [-0.4, -0.2) is 7.38 Å². The molecule has 0 fully saturated rings. The van der Waals surface area contributed by atoms with Crippen molar-refractivity contribution in [2.75, 3.05) is 0 Å². The fraction of sp³-hybridized carbons (Fsp3) is 0.429. The van der Waals surface area contributed by atoms with E-state index in [-0.39, 0.29) is 0 Å². The SMILES string of the molecule is C=CCc1cccc(C(CC)[Si](C)(C)Cl)c1. The van der Waals surface area contributed by atoms with E-state index in [2.05, 4.69) is 50.9 Å². The minimum atomic E-state index is -1.63. The molecule has 0 saturated heterocycles. The Morgan fingerprint density at radius 1 is 1.44 bits per heavy atom. The summed E-state index contributed by atoms with van der Waals surface area (Å²) in [5, 5.41) is 0. The third kappa shape index (κ3) is 3.50. The highest BCUT2D eigenvalue weighted by Gasteiger charge is 2.29. The highest BCUT2D eigenvalue weighted by molar-refractivity contribution is 7.19. The molecule has 1 aromatic carbocycles. The van der Waals surface area contributed by atoms with Gasteiger partial charge in [0.2, 0.25) is 0 Å². The summed E-state index contributed by atoms with van der Waals surface area (Å²) in [5.74, 6) is 0. The molecule has 1 rings (SSSR count). The largest absolute Gasteiger partial charge is 0.167 e. The number of hydrogen-bond acceptors (Lipinski definition) is 0. The molecule has 0 N–H and O–H groups in total. The third-order valence-electron chi connectivity index (χ3n) is 2.97. The highest BCUT2D eigenvalue weighted by atomic mass is 35.6. The topological polar surface area (TPSA) is 0 Å². The van der Waals surface area contributed by atoms with Crippen LogP contribution in [0.15, 0.2) is 36.9 Å². The molecule has 0 spiro atoms. The van der Waals surface area contributed by atoms with Crippen LogP contribution in [0, 0.1) is 0 Å². The van der Waals surface area contributed by atoms with Gasteiger partial charge in [-0.15, -0.1) is 6.58 Å². The van der Waals surface area contributed by atoms with Gasteiger partial charge in [0.15, 0.2) is 7.38 Å². The second-order valence-corrected chi connectivity index (χ2v) is 11.5. The number of allylic oxidation sites excluding steroid dienone is 1. The van der Waals surface area contributed by atoms with Gasteiger partial charge in [0.05, 0.1) is 0 Å². The van der Waals surface area contributed by atoms with Crippen LogP contribution in [0.3, 0.4) is 0 Å². The zero-order valence-electron chi connectivity index (χ0n) is 10.5. The van der Waals surface area contributed by atoms with E-state index >= 15 is 0 Å². The number of rotatable bonds is 5.